The number of fused-ring (bicyclic) bond motifs is 2. The lowest BCUT2D eigenvalue weighted by atomic mass is 9.92. The molecule has 1 aromatic heterocycles. The Kier molecular flexibility index (Phi) is 2.15. The highest BCUT2D eigenvalue weighted by atomic mass is 16.5. The number of pyridine rings is 1. The van der Waals surface area contributed by atoms with E-state index in [-0.39, 0.29) is 5.60 Å². The number of benzene rings is 1. The van der Waals surface area contributed by atoms with Crippen LogP contribution >= 0.6 is 0 Å². The predicted molar refractivity (Wildman–Crippen MR) is 69.5 cm³/mol. The van der Waals surface area contributed by atoms with Crippen molar-refractivity contribution in [3.05, 3.63) is 35.4 Å². The molecule has 0 bridgehead atoms. The molecule has 0 atom stereocenters. The zero-order valence-electron chi connectivity index (χ0n) is 10.6. The fraction of sp³-hybridized carbons (Fsp3) is 0.400. The van der Waals surface area contributed by atoms with Crippen molar-refractivity contribution < 1.29 is 4.74 Å². The van der Waals surface area contributed by atoms with Crippen molar-refractivity contribution in [2.45, 2.75) is 39.2 Å². The standard InChI is InChI=1S/C15H17NO/c1-10-11-6-4-5-7-13(11)16-14-12(10)8-9-15(2,3)17-14/h4-7H,8-9H2,1-3H3. The van der Waals surface area contributed by atoms with Crippen LogP contribution in [0.15, 0.2) is 24.3 Å². The van der Waals surface area contributed by atoms with Crippen LogP contribution in [0.1, 0.15) is 31.4 Å². The largest absolute Gasteiger partial charge is 0.471 e. The molecular formula is C15H17NO. The Morgan fingerprint density at radius 3 is 2.82 bits per heavy atom. The molecule has 0 aliphatic carbocycles. The molecule has 2 nitrogen and oxygen atoms in total. The molecule has 1 aliphatic rings. The molecule has 0 spiro atoms. The van der Waals surface area contributed by atoms with Gasteiger partial charge in [-0.15, -0.1) is 0 Å². The molecule has 0 fully saturated rings. The monoisotopic (exact) mass is 227 g/mol. The van der Waals surface area contributed by atoms with Crippen molar-refractivity contribution in [1.82, 2.24) is 4.98 Å². The highest BCUT2D eigenvalue weighted by Gasteiger charge is 2.29. The van der Waals surface area contributed by atoms with Crippen molar-refractivity contribution in [2.75, 3.05) is 0 Å². The van der Waals surface area contributed by atoms with Gasteiger partial charge in [-0.05, 0) is 45.2 Å². The molecule has 88 valence electrons. The van der Waals surface area contributed by atoms with Gasteiger partial charge in [0, 0.05) is 10.9 Å². The smallest absolute Gasteiger partial charge is 0.217 e. The lowest BCUT2D eigenvalue weighted by Crippen LogP contribution is -2.33. The van der Waals surface area contributed by atoms with Gasteiger partial charge in [0.25, 0.3) is 0 Å². The SMILES string of the molecule is Cc1c2c(nc3ccccc13)OC(C)(C)CC2. The Morgan fingerprint density at radius 1 is 1.24 bits per heavy atom. The number of hydrogen-bond acceptors (Lipinski definition) is 2. The quantitative estimate of drug-likeness (QED) is 0.685. The molecule has 3 rings (SSSR count). The molecule has 17 heavy (non-hydrogen) atoms. The van der Waals surface area contributed by atoms with Crippen molar-refractivity contribution in [3.8, 4) is 5.88 Å². The second kappa shape index (κ2) is 3.46. The minimum atomic E-state index is -0.0884. The Labute approximate surface area is 102 Å². The number of nitrogens with zero attached hydrogens (tertiary/aromatic N) is 1. The van der Waals surface area contributed by atoms with Gasteiger partial charge in [-0.25, -0.2) is 4.98 Å². The van der Waals surface area contributed by atoms with Crippen molar-refractivity contribution in [2.24, 2.45) is 0 Å². The predicted octanol–water partition coefficient (Wildman–Crippen LogP) is 3.65. The van der Waals surface area contributed by atoms with E-state index in [0.29, 0.717) is 0 Å². The molecule has 0 unspecified atom stereocenters. The van der Waals surface area contributed by atoms with Crippen LogP contribution in [-0.2, 0) is 6.42 Å². The number of aromatic nitrogens is 1. The molecule has 2 heterocycles. The van der Waals surface area contributed by atoms with E-state index in [1.165, 1.54) is 16.5 Å². The van der Waals surface area contributed by atoms with Crippen LogP contribution in [-0.4, -0.2) is 10.6 Å². The van der Waals surface area contributed by atoms with E-state index < -0.39 is 0 Å². The third-order valence-electron chi connectivity index (χ3n) is 3.59. The molecular weight excluding hydrogens is 210 g/mol. The number of ether oxygens (including phenoxy) is 1. The molecule has 0 radical (unpaired) electrons. The summed E-state index contributed by atoms with van der Waals surface area (Å²) in [6.07, 6.45) is 2.12. The fourth-order valence-corrected chi connectivity index (χ4v) is 2.51. The van der Waals surface area contributed by atoms with Gasteiger partial charge in [-0.2, -0.15) is 0 Å². The highest BCUT2D eigenvalue weighted by molar-refractivity contribution is 5.84. The third kappa shape index (κ3) is 1.68. The second-order valence-corrected chi connectivity index (χ2v) is 5.40. The van der Waals surface area contributed by atoms with Crippen LogP contribution in [0.5, 0.6) is 5.88 Å². The van der Waals surface area contributed by atoms with E-state index >= 15 is 0 Å². The third-order valence-corrected chi connectivity index (χ3v) is 3.59. The van der Waals surface area contributed by atoms with Crippen molar-refractivity contribution >= 4 is 10.9 Å². The lowest BCUT2D eigenvalue weighted by molar-refractivity contribution is 0.0787. The first kappa shape index (κ1) is 10.6. The summed E-state index contributed by atoms with van der Waals surface area (Å²) in [6, 6.07) is 8.28. The average Bonchev–Trinajstić information content (AvgIpc) is 2.27. The van der Waals surface area contributed by atoms with Crippen LogP contribution in [0, 0.1) is 6.92 Å². The Hall–Kier alpha value is -1.57. The molecule has 2 aromatic rings. The van der Waals surface area contributed by atoms with Crippen molar-refractivity contribution in [3.63, 3.8) is 0 Å². The maximum Gasteiger partial charge on any atom is 0.217 e. The van der Waals surface area contributed by atoms with E-state index in [2.05, 4.69) is 37.9 Å². The van der Waals surface area contributed by atoms with E-state index in [0.717, 1.165) is 24.2 Å². The van der Waals surface area contributed by atoms with Crippen LogP contribution in [0.25, 0.3) is 10.9 Å². The molecule has 0 N–H and O–H groups in total. The van der Waals surface area contributed by atoms with E-state index in [1.54, 1.807) is 0 Å². The average molecular weight is 227 g/mol. The molecule has 1 aliphatic heterocycles. The Balaban J connectivity index is 2.26. The lowest BCUT2D eigenvalue weighted by Gasteiger charge is -2.32. The van der Waals surface area contributed by atoms with E-state index in [4.69, 9.17) is 4.74 Å². The molecule has 2 heteroatoms. The highest BCUT2D eigenvalue weighted by Crippen LogP contribution is 2.36. The van der Waals surface area contributed by atoms with E-state index in [1.807, 2.05) is 12.1 Å². The van der Waals surface area contributed by atoms with Gasteiger partial charge >= 0.3 is 0 Å². The van der Waals surface area contributed by atoms with Gasteiger partial charge in [-0.3, -0.25) is 0 Å². The van der Waals surface area contributed by atoms with Gasteiger partial charge in [0.05, 0.1) is 5.52 Å². The minimum Gasteiger partial charge on any atom is -0.471 e. The maximum atomic E-state index is 6.00. The Morgan fingerprint density at radius 2 is 2.00 bits per heavy atom. The number of rotatable bonds is 0. The summed E-state index contributed by atoms with van der Waals surface area (Å²) in [5.74, 6) is 0.831. The first-order valence-corrected chi connectivity index (χ1v) is 6.14. The Bertz CT molecular complexity index is 587. The second-order valence-electron chi connectivity index (χ2n) is 5.40. The molecule has 0 saturated carbocycles. The summed E-state index contributed by atoms with van der Waals surface area (Å²) >= 11 is 0. The van der Waals surface area contributed by atoms with Crippen LogP contribution in [0.3, 0.4) is 0 Å². The van der Waals surface area contributed by atoms with Gasteiger partial charge in [0.15, 0.2) is 0 Å². The number of aryl methyl sites for hydroxylation is 1. The summed E-state index contributed by atoms with van der Waals surface area (Å²) in [6.45, 7) is 6.43. The minimum absolute atomic E-state index is 0.0884. The normalized spacial score (nSPS) is 17.6. The van der Waals surface area contributed by atoms with Gasteiger partial charge in [-0.1, -0.05) is 18.2 Å². The van der Waals surface area contributed by atoms with Crippen LogP contribution < -0.4 is 4.74 Å². The van der Waals surface area contributed by atoms with Crippen LogP contribution in [0.4, 0.5) is 0 Å². The van der Waals surface area contributed by atoms with Crippen LogP contribution in [0.2, 0.25) is 0 Å². The maximum absolute atomic E-state index is 6.00. The summed E-state index contributed by atoms with van der Waals surface area (Å²) in [7, 11) is 0. The molecule has 0 amide bonds. The topological polar surface area (TPSA) is 22.1 Å². The van der Waals surface area contributed by atoms with Gasteiger partial charge in [0.2, 0.25) is 5.88 Å². The summed E-state index contributed by atoms with van der Waals surface area (Å²) < 4.78 is 6.00. The summed E-state index contributed by atoms with van der Waals surface area (Å²) in [5.41, 5.74) is 3.54. The summed E-state index contributed by atoms with van der Waals surface area (Å²) in [4.78, 5) is 4.65. The van der Waals surface area contributed by atoms with Gasteiger partial charge < -0.3 is 4.74 Å². The van der Waals surface area contributed by atoms with Gasteiger partial charge in [0.1, 0.15) is 5.60 Å². The van der Waals surface area contributed by atoms with Crippen molar-refractivity contribution in [1.29, 1.82) is 0 Å². The number of hydrogen-bond donors (Lipinski definition) is 0. The first-order valence-electron chi connectivity index (χ1n) is 6.14. The molecule has 0 saturated heterocycles. The number of para-hydroxylation sites is 1. The zero-order chi connectivity index (χ0) is 12.0. The summed E-state index contributed by atoms with van der Waals surface area (Å²) in [5, 5.41) is 1.24. The first-order chi connectivity index (χ1) is 8.07. The fourth-order valence-electron chi connectivity index (χ4n) is 2.51. The van der Waals surface area contributed by atoms with E-state index in [9.17, 15) is 0 Å². The zero-order valence-corrected chi connectivity index (χ0v) is 10.6. The molecule has 1 aromatic carbocycles.